The van der Waals surface area contributed by atoms with E-state index in [1.54, 1.807) is 13.0 Å². The number of halogens is 2. The molecule has 1 aromatic rings. The van der Waals surface area contributed by atoms with Gasteiger partial charge in [0.2, 0.25) is 0 Å². The molecule has 0 bridgehead atoms. The van der Waals surface area contributed by atoms with Gasteiger partial charge in [-0.2, -0.15) is 5.26 Å². The van der Waals surface area contributed by atoms with Crippen LogP contribution in [-0.2, 0) is 4.79 Å². The van der Waals surface area contributed by atoms with Gasteiger partial charge in [-0.25, -0.2) is 4.39 Å². The molecule has 0 spiro atoms. The van der Waals surface area contributed by atoms with Crippen LogP contribution < -0.4 is 0 Å². The minimum atomic E-state index is -1.19. The molecule has 140 valence electrons. The van der Waals surface area contributed by atoms with E-state index < -0.39 is 35.1 Å². The maximum atomic E-state index is 13.6. The molecule has 4 nitrogen and oxygen atoms in total. The minimum Gasteiger partial charge on any atom is -0.481 e. The monoisotopic (exact) mass is 422 g/mol. The van der Waals surface area contributed by atoms with Crippen LogP contribution in [0.4, 0.5) is 4.39 Å². The number of nitriles is 1. The molecule has 0 aromatic heterocycles. The normalized spacial score (nSPS) is 28.3. The topological polar surface area (TPSA) is 73.5 Å². The average Bonchev–Trinajstić information content (AvgIpc) is 2.57. The Morgan fingerprint density at radius 2 is 2.12 bits per heavy atom. The van der Waals surface area contributed by atoms with Crippen molar-refractivity contribution >= 4 is 27.6 Å². The average molecular weight is 423 g/mol. The third-order valence-corrected chi connectivity index (χ3v) is 6.04. The first kappa shape index (κ1) is 20.6. The van der Waals surface area contributed by atoms with Crippen molar-refractivity contribution < 1.29 is 14.3 Å². The zero-order valence-corrected chi connectivity index (χ0v) is 16.9. The predicted octanol–water partition coefficient (Wildman–Crippen LogP) is 5.33. The van der Waals surface area contributed by atoms with Crippen LogP contribution in [-0.4, -0.2) is 22.8 Å². The number of aliphatic imine (C=N–C) groups is 1. The van der Waals surface area contributed by atoms with Crippen LogP contribution in [0, 0.1) is 28.5 Å². The summed E-state index contributed by atoms with van der Waals surface area (Å²) in [5, 5.41) is 20.1. The second-order valence-corrected chi connectivity index (χ2v) is 7.78. The van der Waals surface area contributed by atoms with Crippen LogP contribution in [0.2, 0.25) is 0 Å². The molecule has 1 N–H and O–H groups in total. The second-order valence-electron chi connectivity index (χ2n) is 6.92. The third-order valence-electron chi connectivity index (χ3n) is 5.35. The second kappa shape index (κ2) is 8.30. The lowest BCUT2D eigenvalue weighted by Gasteiger charge is -2.47. The molecule has 1 aromatic carbocycles. The van der Waals surface area contributed by atoms with Crippen LogP contribution in [0.3, 0.4) is 0 Å². The van der Waals surface area contributed by atoms with Gasteiger partial charge in [-0.3, -0.25) is 9.79 Å². The SMILES string of the molecule is CCCC1N=C(C)C(C#N)C(c2ccc(F)cc2Br)C1(CCC)C(=O)O. The van der Waals surface area contributed by atoms with E-state index in [0.29, 0.717) is 35.0 Å². The van der Waals surface area contributed by atoms with Crippen molar-refractivity contribution in [2.45, 2.75) is 58.4 Å². The smallest absolute Gasteiger partial charge is 0.312 e. The van der Waals surface area contributed by atoms with Crippen molar-refractivity contribution in [2.75, 3.05) is 0 Å². The summed E-state index contributed by atoms with van der Waals surface area (Å²) in [4.78, 5) is 17.3. The van der Waals surface area contributed by atoms with Gasteiger partial charge in [0.1, 0.15) is 5.82 Å². The number of carboxylic acid groups (broad SMARTS) is 1. The molecule has 4 unspecified atom stereocenters. The fraction of sp³-hybridized carbons (Fsp3) is 0.550. The van der Waals surface area contributed by atoms with Gasteiger partial charge in [0.25, 0.3) is 0 Å². The Hall–Kier alpha value is -1.74. The van der Waals surface area contributed by atoms with Gasteiger partial charge in [-0.05, 0) is 37.5 Å². The highest BCUT2D eigenvalue weighted by molar-refractivity contribution is 9.10. The van der Waals surface area contributed by atoms with Crippen LogP contribution >= 0.6 is 15.9 Å². The van der Waals surface area contributed by atoms with Crippen LogP contribution in [0.5, 0.6) is 0 Å². The van der Waals surface area contributed by atoms with Gasteiger partial charge < -0.3 is 5.11 Å². The van der Waals surface area contributed by atoms with Crippen molar-refractivity contribution in [3.63, 3.8) is 0 Å². The Balaban J connectivity index is 2.80. The lowest BCUT2D eigenvalue weighted by atomic mass is 9.57. The zero-order chi connectivity index (χ0) is 19.5. The van der Waals surface area contributed by atoms with Crippen molar-refractivity contribution in [3.05, 3.63) is 34.1 Å². The van der Waals surface area contributed by atoms with Crippen molar-refractivity contribution in [2.24, 2.45) is 16.3 Å². The Morgan fingerprint density at radius 3 is 2.62 bits per heavy atom. The van der Waals surface area contributed by atoms with Gasteiger partial charge in [0.05, 0.1) is 23.4 Å². The molecule has 1 aliphatic heterocycles. The fourth-order valence-electron chi connectivity index (χ4n) is 4.28. The first-order valence-corrected chi connectivity index (χ1v) is 9.74. The van der Waals surface area contributed by atoms with Gasteiger partial charge in [-0.15, -0.1) is 0 Å². The molecule has 1 heterocycles. The third kappa shape index (κ3) is 3.42. The highest BCUT2D eigenvalue weighted by Gasteiger charge is 2.57. The van der Waals surface area contributed by atoms with Crippen molar-refractivity contribution in [3.8, 4) is 6.07 Å². The van der Waals surface area contributed by atoms with Gasteiger partial charge in [0.15, 0.2) is 0 Å². The van der Waals surface area contributed by atoms with Crippen LogP contribution in [0.15, 0.2) is 27.7 Å². The van der Waals surface area contributed by atoms with Crippen molar-refractivity contribution in [1.82, 2.24) is 0 Å². The molecule has 2 rings (SSSR count). The number of hydrogen-bond acceptors (Lipinski definition) is 3. The summed E-state index contributed by atoms with van der Waals surface area (Å²) in [5.74, 6) is -2.59. The minimum absolute atomic E-state index is 0.406. The summed E-state index contributed by atoms with van der Waals surface area (Å²) >= 11 is 3.39. The summed E-state index contributed by atoms with van der Waals surface area (Å²) in [6, 6.07) is 6.11. The Labute approximate surface area is 162 Å². The Bertz CT molecular complexity index is 759. The molecular weight excluding hydrogens is 399 g/mol. The van der Waals surface area contributed by atoms with Crippen LogP contribution in [0.1, 0.15) is 57.9 Å². The number of rotatable bonds is 6. The van der Waals surface area contributed by atoms with E-state index in [-0.39, 0.29) is 0 Å². The van der Waals surface area contributed by atoms with E-state index in [0.717, 1.165) is 6.42 Å². The molecular formula is C20H24BrFN2O2. The molecule has 0 radical (unpaired) electrons. The maximum Gasteiger partial charge on any atom is 0.312 e. The lowest BCUT2D eigenvalue weighted by Crippen LogP contribution is -2.53. The lowest BCUT2D eigenvalue weighted by molar-refractivity contribution is -0.154. The molecule has 0 saturated carbocycles. The summed E-state index contributed by atoms with van der Waals surface area (Å²) in [6.45, 7) is 5.73. The Morgan fingerprint density at radius 1 is 1.42 bits per heavy atom. The van der Waals surface area contributed by atoms with Crippen molar-refractivity contribution in [1.29, 1.82) is 5.26 Å². The van der Waals surface area contributed by atoms with E-state index in [1.807, 2.05) is 13.8 Å². The summed E-state index contributed by atoms with van der Waals surface area (Å²) in [7, 11) is 0. The van der Waals surface area contributed by atoms with E-state index >= 15 is 0 Å². The van der Waals surface area contributed by atoms with Crippen LogP contribution in [0.25, 0.3) is 0 Å². The van der Waals surface area contributed by atoms with Gasteiger partial charge in [-0.1, -0.05) is 48.7 Å². The first-order chi connectivity index (χ1) is 12.3. The zero-order valence-electron chi connectivity index (χ0n) is 15.3. The molecule has 0 amide bonds. The number of carboxylic acids is 1. The first-order valence-electron chi connectivity index (χ1n) is 8.95. The number of hydrogen-bond donors (Lipinski definition) is 1. The van der Waals surface area contributed by atoms with Gasteiger partial charge >= 0.3 is 5.97 Å². The van der Waals surface area contributed by atoms with Gasteiger partial charge in [0, 0.05) is 16.1 Å². The highest BCUT2D eigenvalue weighted by Crippen LogP contribution is 2.54. The van der Waals surface area contributed by atoms with E-state index in [4.69, 9.17) is 0 Å². The molecule has 0 saturated heterocycles. The quantitative estimate of drug-likeness (QED) is 0.673. The maximum absolute atomic E-state index is 13.6. The number of benzene rings is 1. The van der Waals surface area contributed by atoms with E-state index in [2.05, 4.69) is 27.0 Å². The standard InChI is InChI=1S/C20H24BrFN2O2/c1-4-6-17-20(9-5-2,19(25)26)18(15(11-23)12(3)24-17)14-8-7-13(22)10-16(14)21/h7-8,10,15,17-18H,4-6,9H2,1-3H3,(H,25,26). The molecule has 1 aliphatic rings. The molecule has 4 atom stereocenters. The number of carbonyl (C=O) groups is 1. The number of aliphatic carboxylic acids is 1. The summed E-state index contributed by atoms with van der Waals surface area (Å²) < 4.78 is 14.1. The van der Waals surface area contributed by atoms with E-state index in [1.165, 1.54) is 12.1 Å². The largest absolute Gasteiger partial charge is 0.481 e. The molecule has 0 aliphatic carbocycles. The summed E-state index contributed by atoms with van der Waals surface area (Å²) in [6.07, 6.45) is 2.51. The predicted molar refractivity (Wildman–Crippen MR) is 103 cm³/mol. The van der Waals surface area contributed by atoms with E-state index in [9.17, 15) is 19.6 Å². The molecule has 6 heteroatoms. The summed E-state index contributed by atoms with van der Waals surface area (Å²) in [5.41, 5.74) is 0.120. The fourth-order valence-corrected chi connectivity index (χ4v) is 4.88. The number of nitrogens with zero attached hydrogens (tertiary/aromatic N) is 2. The Kier molecular flexibility index (Phi) is 6.57. The highest BCUT2D eigenvalue weighted by atomic mass is 79.9. The molecule has 0 fully saturated rings. The molecule has 26 heavy (non-hydrogen) atoms.